The first kappa shape index (κ1) is 13.7. The van der Waals surface area contributed by atoms with Gasteiger partial charge in [-0.2, -0.15) is 5.26 Å². The Hall–Kier alpha value is -1.31. The van der Waals surface area contributed by atoms with Crippen molar-refractivity contribution in [3.8, 4) is 6.07 Å². The molecule has 0 heterocycles. The molecule has 1 aliphatic rings. The number of para-hydroxylation sites is 1. The number of hydrogen-bond donors (Lipinski definition) is 1. The first-order valence-corrected chi connectivity index (χ1v) is 7.96. The van der Waals surface area contributed by atoms with Gasteiger partial charge in [-0.25, -0.2) is 0 Å². The van der Waals surface area contributed by atoms with Gasteiger partial charge in [0.2, 0.25) is 0 Å². The second kappa shape index (κ2) is 5.23. The lowest BCUT2D eigenvalue weighted by atomic mass is 9.93. The Labute approximate surface area is 135 Å². The van der Waals surface area contributed by atoms with Crippen molar-refractivity contribution in [3.63, 3.8) is 0 Å². The summed E-state index contributed by atoms with van der Waals surface area (Å²) >= 11 is 7.02. The summed E-state index contributed by atoms with van der Waals surface area (Å²) < 4.78 is 2.03. The molecule has 0 saturated carbocycles. The number of anilines is 1. The minimum atomic E-state index is -0.639. The van der Waals surface area contributed by atoms with Gasteiger partial charge in [-0.3, -0.25) is 0 Å². The first-order chi connectivity index (χ1) is 9.64. The predicted molar refractivity (Wildman–Crippen MR) is 87.5 cm³/mol. The van der Waals surface area contributed by atoms with Crippen molar-refractivity contribution in [2.75, 3.05) is 5.32 Å². The van der Waals surface area contributed by atoms with E-state index in [0.717, 1.165) is 33.0 Å². The molecule has 4 heteroatoms. The summed E-state index contributed by atoms with van der Waals surface area (Å²) in [5.41, 5.74) is 2.63. The molecule has 2 aromatic rings. The number of rotatable bonds is 2. The van der Waals surface area contributed by atoms with Gasteiger partial charge in [0.15, 0.2) is 5.54 Å². The maximum absolute atomic E-state index is 9.75. The highest BCUT2D eigenvalue weighted by molar-refractivity contribution is 9.10. The third kappa shape index (κ3) is 2.25. The summed E-state index contributed by atoms with van der Waals surface area (Å²) in [6, 6.07) is 16.5. The minimum absolute atomic E-state index is 0.639. The maximum atomic E-state index is 9.75. The number of hydrogen-bond acceptors (Lipinski definition) is 2. The van der Waals surface area contributed by atoms with Gasteiger partial charge in [0.05, 0.1) is 6.07 Å². The molecule has 20 heavy (non-hydrogen) atoms. The molecule has 1 atom stereocenters. The predicted octanol–water partition coefficient (Wildman–Crippen LogP) is 4.99. The van der Waals surface area contributed by atoms with E-state index in [2.05, 4.69) is 49.3 Å². The fourth-order valence-corrected chi connectivity index (χ4v) is 3.50. The van der Waals surface area contributed by atoms with Crippen LogP contribution in [0, 0.1) is 11.3 Å². The normalized spacial score (nSPS) is 20.2. The second-order valence-corrected chi connectivity index (χ2v) is 6.69. The van der Waals surface area contributed by atoms with E-state index in [0.29, 0.717) is 0 Å². The van der Waals surface area contributed by atoms with Crippen molar-refractivity contribution >= 4 is 37.5 Å². The molecule has 0 aliphatic heterocycles. The lowest BCUT2D eigenvalue weighted by molar-refractivity contribution is 0.620. The molecule has 1 N–H and O–H groups in total. The summed E-state index contributed by atoms with van der Waals surface area (Å²) in [4.78, 5) is 0. The molecule has 1 unspecified atom stereocenters. The Morgan fingerprint density at radius 3 is 2.70 bits per heavy atom. The van der Waals surface area contributed by atoms with Gasteiger partial charge < -0.3 is 5.32 Å². The van der Waals surface area contributed by atoms with E-state index in [1.807, 2.05) is 36.4 Å². The monoisotopic (exact) mass is 390 g/mol. The highest BCUT2D eigenvalue weighted by atomic mass is 79.9. The van der Waals surface area contributed by atoms with Crippen LogP contribution in [-0.4, -0.2) is 0 Å². The largest absolute Gasteiger partial charge is 0.363 e. The molecular formula is C16H12Br2N2. The zero-order valence-electron chi connectivity index (χ0n) is 10.7. The highest BCUT2D eigenvalue weighted by Crippen LogP contribution is 2.41. The molecule has 0 fully saturated rings. The van der Waals surface area contributed by atoms with E-state index in [1.165, 1.54) is 5.56 Å². The topological polar surface area (TPSA) is 35.8 Å². The number of nitrogens with one attached hydrogen (secondary N) is 1. The van der Waals surface area contributed by atoms with Gasteiger partial charge in [-0.05, 0) is 64.2 Å². The Kier molecular flexibility index (Phi) is 3.57. The Morgan fingerprint density at radius 1 is 1.15 bits per heavy atom. The molecule has 0 bridgehead atoms. The van der Waals surface area contributed by atoms with E-state index in [4.69, 9.17) is 0 Å². The van der Waals surface area contributed by atoms with Crippen molar-refractivity contribution < 1.29 is 0 Å². The summed E-state index contributed by atoms with van der Waals surface area (Å²) in [6.45, 7) is 0. The zero-order chi connectivity index (χ0) is 14.2. The van der Waals surface area contributed by atoms with Gasteiger partial charge in [-0.1, -0.05) is 34.1 Å². The minimum Gasteiger partial charge on any atom is -0.363 e. The molecule has 0 saturated heterocycles. The van der Waals surface area contributed by atoms with Crippen LogP contribution in [0.3, 0.4) is 0 Å². The molecule has 0 aromatic heterocycles. The van der Waals surface area contributed by atoms with Gasteiger partial charge in [0.25, 0.3) is 0 Å². The third-order valence-electron chi connectivity index (χ3n) is 3.71. The number of nitriles is 1. The number of aryl methyl sites for hydroxylation is 1. The smallest absolute Gasteiger partial charge is 0.151 e. The van der Waals surface area contributed by atoms with Crippen molar-refractivity contribution in [2.45, 2.75) is 18.4 Å². The number of fused-ring (bicyclic) bond motifs is 1. The van der Waals surface area contributed by atoms with Crippen LogP contribution < -0.4 is 5.32 Å². The summed E-state index contributed by atoms with van der Waals surface area (Å²) in [5.74, 6) is 0. The van der Waals surface area contributed by atoms with Crippen LogP contribution in [0.1, 0.15) is 17.5 Å². The van der Waals surface area contributed by atoms with E-state index >= 15 is 0 Å². The standard InChI is InChI=1S/C16H12Br2N2/c17-12-5-6-13-11(9-12)7-8-16(13,10-19)20-15-4-2-1-3-14(15)18/h1-6,9,20H,7-8H2. The van der Waals surface area contributed by atoms with Gasteiger partial charge in [0, 0.05) is 14.6 Å². The SMILES string of the molecule is N#CC1(Nc2ccccc2Br)CCc2cc(Br)ccc21. The first-order valence-electron chi connectivity index (χ1n) is 6.37. The zero-order valence-corrected chi connectivity index (χ0v) is 13.8. The number of benzene rings is 2. The van der Waals surface area contributed by atoms with Crippen molar-refractivity contribution in [2.24, 2.45) is 0 Å². The Balaban J connectivity index is 2.04. The van der Waals surface area contributed by atoms with Gasteiger partial charge in [0.1, 0.15) is 0 Å². The van der Waals surface area contributed by atoms with Crippen LogP contribution >= 0.6 is 31.9 Å². The van der Waals surface area contributed by atoms with Crippen molar-refractivity contribution in [1.82, 2.24) is 0 Å². The quantitative estimate of drug-likeness (QED) is 0.782. The molecular weight excluding hydrogens is 380 g/mol. The molecule has 2 aromatic carbocycles. The average Bonchev–Trinajstić information content (AvgIpc) is 2.80. The fourth-order valence-electron chi connectivity index (χ4n) is 2.71. The molecule has 0 radical (unpaired) electrons. The maximum Gasteiger partial charge on any atom is 0.151 e. The third-order valence-corrected chi connectivity index (χ3v) is 4.89. The number of halogens is 2. The summed E-state index contributed by atoms with van der Waals surface area (Å²) in [7, 11) is 0. The van der Waals surface area contributed by atoms with Crippen molar-refractivity contribution in [1.29, 1.82) is 5.26 Å². The van der Waals surface area contributed by atoms with E-state index in [1.54, 1.807) is 0 Å². The second-order valence-electron chi connectivity index (χ2n) is 4.92. The molecule has 0 amide bonds. The van der Waals surface area contributed by atoms with Crippen LogP contribution in [0.15, 0.2) is 51.4 Å². The molecule has 100 valence electrons. The van der Waals surface area contributed by atoms with E-state index in [-0.39, 0.29) is 0 Å². The lowest BCUT2D eigenvalue weighted by Gasteiger charge is -2.26. The van der Waals surface area contributed by atoms with E-state index in [9.17, 15) is 5.26 Å². The highest BCUT2D eigenvalue weighted by Gasteiger charge is 2.39. The molecule has 3 rings (SSSR count). The number of nitrogens with zero attached hydrogens (tertiary/aromatic N) is 1. The van der Waals surface area contributed by atoms with Crippen molar-refractivity contribution in [3.05, 3.63) is 62.5 Å². The molecule has 0 spiro atoms. The molecule has 2 nitrogen and oxygen atoms in total. The van der Waals surface area contributed by atoms with Crippen LogP contribution in [0.25, 0.3) is 0 Å². The fraction of sp³-hybridized carbons (Fsp3) is 0.188. The average molecular weight is 392 g/mol. The lowest BCUT2D eigenvalue weighted by Crippen LogP contribution is -2.31. The Bertz CT molecular complexity index is 706. The van der Waals surface area contributed by atoms with E-state index < -0.39 is 5.54 Å². The van der Waals surface area contributed by atoms with Crippen LogP contribution in [0.4, 0.5) is 5.69 Å². The molecule has 1 aliphatic carbocycles. The van der Waals surface area contributed by atoms with Gasteiger partial charge >= 0.3 is 0 Å². The Morgan fingerprint density at radius 2 is 1.95 bits per heavy atom. The van der Waals surface area contributed by atoms with Crippen LogP contribution in [0.2, 0.25) is 0 Å². The summed E-state index contributed by atoms with van der Waals surface area (Å²) in [6.07, 6.45) is 1.70. The van der Waals surface area contributed by atoms with Crippen LogP contribution in [-0.2, 0) is 12.0 Å². The van der Waals surface area contributed by atoms with Crippen LogP contribution in [0.5, 0.6) is 0 Å². The van der Waals surface area contributed by atoms with Gasteiger partial charge in [-0.15, -0.1) is 0 Å². The summed E-state index contributed by atoms with van der Waals surface area (Å²) in [5, 5.41) is 13.2.